The van der Waals surface area contributed by atoms with E-state index in [9.17, 15) is 13.2 Å². The summed E-state index contributed by atoms with van der Waals surface area (Å²) in [6.45, 7) is 1.64. The molecular weight excluding hydrogens is 370 g/mol. The summed E-state index contributed by atoms with van der Waals surface area (Å²) in [5.41, 5.74) is 1.18. The zero-order chi connectivity index (χ0) is 19.4. The van der Waals surface area contributed by atoms with E-state index in [4.69, 9.17) is 9.26 Å². The van der Waals surface area contributed by atoms with Gasteiger partial charge < -0.3 is 14.6 Å². The minimum atomic E-state index is -3.82. The van der Waals surface area contributed by atoms with E-state index in [0.29, 0.717) is 22.7 Å². The van der Waals surface area contributed by atoms with E-state index in [0.717, 1.165) is 0 Å². The van der Waals surface area contributed by atoms with E-state index in [1.165, 1.54) is 19.4 Å². The number of hydrogen-bond donors (Lipinski definition) is 2. The number of methoxy groups -OCH3 is 1. The van der Waals surface area contributed by atoms with Crippen LogP contribution in [-0.2, 0) is 10.0 Å². The van der Waals surface area contributed by atoms with Crippen molar-refractivity contribution in [1.82, 2.24) is 5.16 Å². The largest absolute Gasteiger partial charge is 0.495 e. The molecule has 0 aliphatic heterocycles. The summed E-state index contributed by atoms with van der Waals surface area (Å²) < 4.78 is 37.6. The average molecular weight is 387 g/mol. The SMILES string of the molecule is COc1ccccc1S(=O)(=O)Nc1ccc(NC(=O)c2cnoc2C)cc1. The van der Waals surface area contributed by atoms with Gasteiger partial charge in [-0.05, 0) is 43.3 Å². The smallest absolute Gasteiger partial charge is 0.265 e. The Balaban J connectivity index is 1.74. The van der Waals surface area contributed by atoms with Crippen molar-refractivity contribution >= 4 is 27.3 Å². The molecule has 0 fully saturated rings. The molecule has 0 aliphatic rings. The molecule has 2 N–H and O–H groups in total. The van der Waals surface area contributed by atoms with Gasteiger partial charge in [-0.2, -0.15) is 0 Å². The molecule has 0 aliphatic carbocycles. The number of ether oxygens (including phenoxy) is 1. The molecule has 0 saturated carbocycles. The number of hydrogen-bond acceptors (Lipinski definition) is 6. The first-order chi connectivity index (χ1) is 12.9. The standard InChI is InChI=1S/C18H17N3O5S/c1-12-15(11-19-26-12)18(22)20-13-7-9-14(10-8-13)21-27(23,24)17-6-4-3-5-16(17)25-2/h3-11,21H,1-2H3,(H,20,22). The number of aryl methyl sites for hydroxylation is 1. The molecule has 0 bridgehead atoms. The first-order valence-corrected chi connectivity index (χ1v) is 9.37. The summed E-state index contributed by atoms with van der Waals surface area (Å²) >= 11 is 0. The molecule has 27 heavy (non-hydrogen) atoms. The fraction of sp³-hybridized carbons (Fsp3) is 0.111. The normalized spacial score (nSPS) is 11.0. The van der Waals surface area contributed by atoms with Crippen molar-refractivity contribution < 1.29 is 22.5 Å². The quantitative estimate of drug-likeness (QED) is 0.673. The number of para-hydroxylation sites is 1. The fourth-order valence-corrected chi connectivity index (χ4v) is 3.62. The Labute approximate surface area is 156 Å². The van der Waals surface area contributed by atoms with Gasteiger partial charge in [-0.3, -0.25) is 9.52 Å². The third-order valence-electron chi connectivity index (χ3n) is 3.75. The highest BCUT2D eigenvalue weighted by Crippen LogP contribution is 2.25. The lowest BCUT2D eigenvalue weighted by Gasteiger charge is -2.12. The van der Waals surface area contributed by atoms with Crippen LogP contribution in [0.15, 0.2) is 64.1 Å². The number of sulfonamides is 1. The Hall–Kier alpha value is -3.33. The summed E-state index contributed by atoms with van der Waals surface area (Å²) in [5.74, 6) is 0.294. The molecule has 2 aromatic carbocycles. The van der Waals surface area contributed by atoms with Gasteiger partial charge in [0, 0.05) is 11.4 Å². The van der Waals surface area contributed by atoms with Crippen molar-refractivity contribution in [2.75, 3.05) is 17.1 Å². The molecule has 1 heterocycles. The molecular formula is C18H17N3O5S. The van der Waals surface area contributed by atoms with Crippen LogP contribution in [0.1, 0.15) is 16.1 Å². The van der Waals surface area contributed by atoms with Crippen molar-refractivity contribution in [1.29, 1.82) is 0 Å². The zero-order valence-electron chi connectivity index (χ0n) is 14.6. The predicted molar refractivity (Wildman–Crippen MR) is 99.4 cm³/mol. The second-order valence-electron chi connectivity index (χ2n) is 5.58. The number of rotatable bonds is 6. The molecule has 8 nitrogen and oxygen atoms in total. The van der Waals surface area contributed by atoms with E-state index in [2.05, 4.69) is 15.2 Å². The topological polar surface area (TPSA) is 111 Å². The fourth-order valence-electron chi connectivity index (χ4n) is 2.39. The van der Waals surface area contributed by atoms with Crippen LogP contribution in [0.5, 0.6) is 5.75 Å². The molecule has 3 rings (SSSR count). The van der Waals surface area contributed by atoms with E-state index >= 15 is 0 Å². The lowest BCUT2D eigenvalue weighted by molar-refractivity contribution is 0.102. The van der Waals surface area contributed by atoms with Gasteiger partial charge >= 0.3 is 0 Å². The lowest BCUT2D eigenvalue weighted by Crippen LogP contribution is -2.14. The van der Waals surface area contributed by atoms with Crippen LogP contribution in [0.4, 0.5) is 11.4 Å². The van der Waals surface area contributed by atoms with Gasteiger partial charge in [0.05, 0.1) is 13.3 Å². The number of nitrogens with zero attached hydrogens (tertiary/aromatic N) is 1. The Bertz CT molecular complexity index is 1060. The molecule has 3 aromatic rings. The highest BCUT2D eigenvalue weighted by molar-refractivity contribution is 7.92. The first kappa shape index (κ1) is 18.5. The van der Waals surface area contributed by atoms with E-state index in [-0.39, 0.29) is 16.6 Å². The van der Waals surface area contributed by atoms with Gasteiger partial charge in [0.2, 0.25) is 0 Å². The molecule has 0 unspecified atom stereocenters. The maximum absolute atomic E-state index is 12.6. The predicted octanol–water partition coefficient (Wildman–Crippen LogP) is 3.04. The third kappa shape index (κ3) is 4.09. The van der Waals surface area contributed by atoms with Crippen LogP contribution >= 0.6 is 0 Å². The van der Waals surface area contributed by atoms with Crippen LogP contribution in [0.3, 0.4) is 0 Å². The van der Waals surface area contributed by atoms with Gasteiger partial charge in [-0.25, -0.2) is 8.42 Å². The summed E-state index contributed by atoms with van der Waals surface area (Å²) in [7, 11) is -2.41. The number of carbonyl (C=O) groups excluding carboxylic acids is 1. The zero-order valence-corrected chi connectivity index (χ0v) is 15.4. The second kappa shape index (κ2) is 7.50. The summed E-state index contributed by atoms with van der Waals surface area (Å²) in [6, 6.07) is 12.6. The number of carbonyl (C=O) groups is 1. The Morgan fingerprint density at radius 2 is 1.74 bits per heavy atom. The molecule has 9 heteroatoms. The minimum Gasteiger partial charge on any atom is -0.495 e. The Morgan fingerprint density at radius 3 is 2.37 bits per heavy atom. The van der Waals surface area contributed by atoms with Gasteiger partial charge in [-0.15, -0.1) is 0 Å². The molecule has 0 atom stereocenters. The molecule has 1 amide bonds. The summed E-state index contributed by atoms with van der Waals surface area (Å²) in [6.07, 6.45) is 1.33. The van der Waals surface area contributed by atoms with Gasteiger partial charge in [0.25, 0.3) is 15.9 Å². The highest BCUT2D eigenvalue weighted by Gasteiger charge is 2.19. The Morgan fingerprint density at radius 1 is 1.07 bits per heavy atom. The number of aromatic nitrogens is 1. The van der Waals surface area contributed by atoms with Crippen molar-refractivity contribution in [3.63, 3.8) is 0 Å². The van der Waals surface area contributed by atoms with E-state index in [1.807, 2.05) is 0 Å². The third-order valence-corrected chi connectivity index (χ3v) is 5.17. The van der Waals surface area contributed by atoms with Crippen LogP contribution in [0, 0.1) is 6.92 Å². The Kier molecular flexibility index (Phi) is 5.13. The highest BCUT2D eigenvalue weighted by atomic mass is 32.2. The maximum atomic E-state index is 12.6. The van der Waals surface area contributed by atoms with Crippen molar-refractivity contribution in [3.05, 3.63) is 66.1 Å². The molecule has 0 spiro atoms. The van der Waals surface area contributed by atoms with Crippen LogP contribution < -0.4 is 14.8 Å². The lowest BCUT2D eigenvalue weighted by atomic mass is 10.2. The van der Waals surface area contributed by atoms with Gasteiger partial charge in [-0.1, -0.05) is 17.3 Å². The van der Waals surface area contributed by atoms with Crippen LogP contribution in [0.2, 0.25) is 0 Å². The molecule has 1 aromatic heterocycles. The van der Waals surface area contributed by atoms with Crippen molar-refractivity contribution in [2.24, 2.45) is 0 Å². The van der Waals surface area contributed by atoms with Gasteiger partial charge in [0.15, 0.2) is 0 Å². The minimum absolute atomic E-state index is 0.0350. The first-order valence-electron chi connectivity index (χ1n) is 7.89. The van der Waals surface area contributed by atoms with Crippen molar-refractivity contribution in [2.45, 2.75) is 11.8 Å². The summed E-state index contributed by atoms with van der Waals surface area (Å²) in [5, 5.41) is 6.25. The van der Waals surface area contributed by atoms with Crippen LogP contribution in [0.25, 0.3) is 0 Å². The number of benzene rings is 2. The molecule has 140 valence electrons. The average Bonchev–Trinajstić information content (AvgIpc) is 3.09. The number of anilines is 2. The number of nitrogens with one attached hydrogen (secondary N) is 2. The monoisotopic (exact) mass is 387 g/mol. The molecule has 0 radical (unpaired) electrons. The van der Waals surface area contributed by atoms with Gasteiger partial charge in [0.1, 0.15) is 22.0 Å². The van der Waals surface area contributed by atoms with E-state index < -0.39 is 10.0 Å². The second-order valence-corrected chi connectivity index (χ2v) is 7.23. The van der Waals surface area contributed by atoms with Crippen molar-refractivity contribution in [3.8, 4) is 5.75 Å². The molecule has 0 saturated heterocycles. The summed E-state index contributed by atoms with van der Waals surface area (Å²) in [4.78, 5) is 12.2. The van der Waals surface area contributed by atoms with Crippen LogP contribution in [-0.4, -0.2) is 26.6 Å². The van der Waals surface area contributed by atoms with E-state index in [1.54, 1.807) is 49.4 Å². The number of amides is 1. The maximum Gasteiger partial charge on any atom is 0.265 e.